The molecule has 1 fully saturated rings. The van der Waals surface area contributed by atoms with Crippen molar-refractivity contribution in [1.29, 1.82) is 0 Å². The lowest BCUT2D eigenvalue weighted by molar-refractivity contribution is -0.127. The lowest BCUT2D eigenvalue weighted by Crippen LogP contribution is -2.42. The van der Waals surface area contributed by atoms with Gasteiger partial charge >= 0.3 is 0 Å². The maximum Gasteiger partial charge on any atom is 0.253 e. The van der Waals surface area contributed by atoms with Crippen molar-refractivity contribution in [1.82, 2.24) is 15.2 Å². The Bertz CT molecular complexity index is 769. The molecule has 1 aromatic carbocycles. The minimum Gasteiger partial charge on any atom is -0.497 e. The molecule has 1 atom stereocenters. The van der Waals surface area contributed by atoms with Crippen LogP contribution in [0.5, 0.6) is 5.75 Å². The number of hydrogen-bond donors (Lipinski definition) is 2. The highest BCUT2D eigenvalue weighted by Crippen LogP contribution is 2.27. The second kappa shape index (κ2) is 7.42. The Hall–Kier alpha value is -2.76. The number of carbonyl (C=O) groups excluding carboxylic acids is 2. The summed E-state index contributed by atoms with van der Waals surface area (Å²) < 4.78 is 5.25. The number of hydrogen-bond acceptors (Lipinski definition) is 3. The van der Waals surface area contributed by atoms with Crippen LogP contribution in [-0.4, -0.2) is 47.9 Å². The topological polar surface area (TPSA) is 74.4 Å². The Morgan fingerprint density at radius 3 is 2.96 bits per heavy atom. The van der Waals surface area contributed by atoms with Crippen molar-refractivity contribution in [2.45, 2.75) is 25.8 Å². The minimum absolute atomic E-state index is 0.109. The number of amides is 2. The third-order valence-electron chi connectivity index (χ3n) is 4.41. The average molecular weight is 341 g/mol. The molecule has 132 valence electrons. The fraction of sp³-hybridized carbons (Fsp3) is 0.368. The zero-order chi connectivity index (χ0) is 17.8. The van der Waals surface area contributed by atoms with Gasteiger partial charge in [-0.3, -0.25) is 9.59 Å². The van der Waals surface area contributed by atoms with E-state index in [9.17, 15) is 9.59 Å². The number of nitrogens with one attached hydrogen (secondary N) is 2. The van der Waals surface area contributed by atoms with Crippen LogP contribution in [0.2, 0.25) is 0 Å². The van der Waals surface area contributed by atoms with Crippen LogP contribution in [0.15, 0.2) is 36.7 Å². The van der Waals surface area contributed by atoms with Crippen molar-refractivity contribution in [3.8, 4) is 16.9 Å². The van der Waals surface area contributed by atoms with Crippen molar-refractivity contribution < 1.29 is 14.3 Å². The second-order valence-corrected chi connectivity index (χ2v) is 6.33. The average Bonchev–Trinajstić information content (AvgIpc) is 3.24. The van der Waals surface area contributed by atoms with Gasteiger partial charge in [0.05, 0.1) is 12.7 Å². The summed E-state index contributed by atoms with van der Waals surface area (Å²) in [4.78, 5) is 29.2. The molecule has 0 bridgehead atoms. The summed E-state index contributed by atoms with van der Waals surface area (Å²) in [5, 5.41) is 2.98. The number of carbonyl (C=O) groups is 2. The minimum atomic E-state index is -0.154. The first-order chi connectivity index (χ1) is 12.1. The van der Waals surface area contributed by atoms with Gasteiger partial charge in [0.25, 0.3) is 5.91 Å². The Kier molecular flexibility index (Phi) is 5.07. The number of methoxy groups -OCH3 is 1. The first-order valence-electron chi connectivity index (χ1n) is 8.48. The smallest absolute Gasteiger partial charge is 0.253 e. The summed E-state index contributed by atoms with van der Waals surface area (Å²) in [6.45, 7) is 3.24. The van der Waals surface area contributed by atoms with Crippen molar-refractivity contribution >= 4 is 11.8 Å². The maximum atomic E-state index is 12.7. The van der Waals surface area contributed by atoms with Crippen molar-refractivity contribution in [3.05, 3.63) is 42.2 Å². The highest BCUT2D eigenvalue weighted by Gasteiger charge is 2.23. The molecule has 2 N–H and O–H groups in total. The van der Waals surface area contributed by atoms with E-state index < -0.39 is 0 Å². The molecular formula is C19H23N3O3. The molecule has 0 radical (unpaired) electrons. The van der Waals surface area contributed by atoms with Gasteiger partial charge < -0.3 is 19.9 Å². The van der Waals surface area contributed by atoms with Gasteiger partial charge in [0.1, 0.15) is 5.75 Å². The van der Waals surface area contributed by atoms with Gasteiger partial charge in [-0.2, -0.15) is 0 Å². The van der Waals surface area contributed by atoms with Crippen LogP contribution in [-0.2, 0) is 4.79 Å². The molecule has 1 aliphatic rings. The van der Waals surface area contributed by atoms with Gasteiger partial charge in [0, 0.05) is 43.5 Å². The highest BCUT2D eigenvalue weighted by atomic mass is 16.5. The first kappa shape index (κ1) is 17.1. The summed E-state index contributed by atoms with van der Waals surface area (Å²) in [7, 11) is 1.62. The molecule has 1 saturated heterocycles. The highest BCUT2D eigenvalue weighted by molar-refractivity contribution is 6.01. The van der Waals surface area contributed by atoms with Crippen LogP contribution in [0.3, 0.4) is 0 Å². The summed E-state index contributed by atoms with van der Waals surface area (Å²) in [5.41, 5.74) is 2.31. The quantitative estimate of drug-likeness (QED) is 0.847. The van der Waals surface area contributed by atoms with E-state index in [0.717, 1.165) is 29.8 Å². The molecule has 0 unspecified atom stereocenters. The van der Waals surface area contributed by atoms with Gasteiger partial charge in [-0.15, -0.1) is 0 Å². The Labute approximate surface area is 147 Å². The van der Waals surface area contributed by atoms with Crippen LogP contribution in [0.25, 0.3) is 11.1 Å². The van der Waals surface area contributed by atoms with Crippen molar-refractivity contribution in [2.24, 2.45) is 0 Å². The van der Waals surface area contributed by atoms with E-state index in [-0.39, 0.29) is 17.9 Å². The molecule has 6 nitrogen and oxygen atoms in total. The molecule has 1 aromatic heterocycles. The van der Waals surface area contributed by atoms with Crippen LogP contribution >= 0.6 is 0 Å². The zero-order valence-electron chi connectivity index (χ0n) is 14.5. The fourth-order valence-electron chi connectivity index (χ4n) is 3.16. The zero-order valence-corrected chi connectivity index (χ0v) is 14.5. The van der Waals surface area contributed by atoms with Crippen LogP contribution in [0.1, 0.15) is 30.1 Å². The summed E-state index contributed by atoms with van der Waals surface area (Å²) in [6.07, 6.45) is 5.01. The number of benzene rings is 1. The van der Waals surface area contributed by atoms with E-state index in [4.69, 9.17) is 4.74 Å². The second-order valence-electron chi connectivity index (χ2n) is 6.33. The number of aromatic nitrogens is 1. The normalized spacial score (nSPS) is 15.3. The lowest BCUT2D eigenvalue weighted by Gasteiger charge is -2.21. The number of ether oxygens (including phenoxy) is 1. The number of nitrogens with zero attached hydrogens (tertiary/aromatic N) is 1. The summed E-state index contributed by atoms with van der Waals surface area (Å²) in [5.74, 6) is 0.754. The predicted molar refractivity (Wildman–Crippen MR) is 95.5 cm³/mol. The van der Waals surface area contributed by atoms with E-state index in [0.29, 0.717) is 18.5 Å². The lowest BCUT2D eigenvalue weighted by atomic mass is 10.0. The molecule has 2 amide bonds. The molecule has 2 aromatic rings. The van der Waals surface area contributed by atoms with E-state index in [2.05, 4.69) is 10.3 Å². The monoisotopic (exact) mass is 341 g/mol. The molecule has 0 saturated carbocycles. The van der Waals surface area contributed by atoms with Crippen LogP contribution in [0.4, 0.5) is 0 Å². The maximum absolute atomic E-state index is 12.7. The van der Waals surface area contributed by atoms with Gasteiger partial charge in [0.15, 0.2) is 0 Å². The van der Waals surface area contributed by atoms with E-state index in [1.807, 2.05) is 36.1 Å². The SMILES string of the molecule is COc1cccc(-c2c[nH]cc2C(=O)N[C@H](C)CN2CCCC2=O)c1. The fourth-order valence-corrected chi connectivity index (χ4v) is 3.16. The van der Waals surface area contributed by atoms with Crippen molar-refractivity contribution in [3.63, 3.8) is 0 Å². The Morgan fingerprint density at radius 1 is 1.40 bits per heavy atom. The van der Waals surface area contributed by atoms with E-state index in [1.165, 1.54) is 0 Å². The van der Waals surface area contributed by atoms with Crippen LogP contribution in [0, 0.1) is 0 Å². The molecule has 6 heteroatoms. The van der Waals surface area contributed by atoms with Gasteiger partial charge in [-0.1, -0.05) is 12.1 Å². The molecule has 0 aliphatic carbocycles. The summed E-state index contributed by atoms with van der Waals surface area (Å²) in [6, 6.07) is 7.49. The van der Waals surface area contributed by atoms with Gasteiger partial charge in [-0.05, 0) is 31.0 Å². The van der Waals surface area contributed by atoms with Crippen LogP contribution < -0.4 is 10.1 Å². The standard InChI is InChI=1S/C19H23N3O3/c1-13(12-22-8-4-7-18(22)23)21-19(24)17-11-20-10-16(17)14-5-3-6-15(9-14)25-2/h3,5-6,9-11,13,20H,4,7-8,12H2,1-2H3,(H,21,24)/t13-/m1/s1. The Balaban J connectivity index is 1.70. The predicted octanol–water partition coefficient (Wildman–Crippen LogP) is 2.43. The molecule has 2 heterocycles. The largest absolute Gasteiger partial charge is 0.497 e. The van der Waals surface area contributed by atoms with E-state index >= 15 is 0 Å². The molecule has 3 rings (SSSR count). The number of aromatic amines is 1. The third-order valence-corrected chi connectivity index (χ3v) is 4.41. The number of rotatable bonds is 6. The third kappa shape index (κ3) is 3.84. The Morgan fingerprint density at radius 2 is 2.24 bits per heavy atom. The molecular weight excluding hydrogens is 318 g/mol. The molecule has 0 spiro atoms. The number of H-pyrrole nitrogens is 1. The van der Waals surface area contributed by atoms with Gasteiger partial charge in [0.2, 0.25) is 5.91 Å². The summed E-state index contributed by atoms with van der Waals surface area (Å²) >= 11 is 0. The first-order valence-corrected chi connectivity index (χ1v) is 8.48. The van der Waals surface area contributed by atoms with Gasteiger partial charge in [-0.25, -0.2) is 0 Å². The van der Waals surface area contributed by atoms with Crippen molar-refractivity contribution in [2.75, 3.05) is 20.2 Å². The molecule has 1 aliphatic heterocycles. The molecule has 25 heavy (non-hydrogen) atoms. The van der Waals surface area contributed by atoms with E-state index in [1.54, 1.807) is 19.5 Å². The number of likely N-dealkylation sites (tertiary alicyclic amines) is 1.